The average Bonchev–Trinajstić information content (AvgIpc) is 2.49. The molecule has 0 radical (unpaired) electrons. The van der Waals surface area contributed by atoms with E-state index >= 15 is 0 Å². The molecule has 1 aromatic rings. The van der Waals surface area contributed by atoms with E-state index in [1.54, 1.807) is 6.07 Å². The maximum Gasteiger partial charge on any atom is 0.238 e. The lowest BCUT2D eigenvalue weighted by Gasteiger charge is -2.30. The maximum absolute atomic E-state index is 12.5. The van der Waals surface area contributed by atoms with Gasteiger partial charge in [0.15, 0.2) is 5.03 Å². The number of aromatic nitrogens is 1. The van der Waals surface area contributed by atoms with Crippen LogP contribution in [0, 0.1) is 5.92 Å². The number of nitrogens with zero attached hydrogens (tertiary/aromatic N) is 1. The van der Waals surface area contributed by atoms with Crippen LogP contribution in [-0.2, 0) is 14.6 Å². The second-order valence-electron chi connectivity index (χ2n) is 5.85. The van der Waals surface area contributed by atoms with Crippen LogP contribution in [0.25, 0.3) is 0 Å². The van der Waals surface area contributed by atoms with Crippen molar-refractivity contribution < 1.29 is 13.2 Å². The van der Waals surface area contributed by atoms with E-state index in [1.165, 1.54) is 19.2 Å². The largest absolute Gasteiger partial charge is 0.352 e. The Balaban J connectivity index is 2.14. The molecule has 3 atom stereocenters. The lowest BCUT2D eigenvalue weighted by atomic mass is 9.86. The second-order valence-corrected chi connectivity index (χ2v) is 8.45. The van der Waals surface area contributed by atoms with Gasteiger partial charge in [-0.3, -0.25) is 4.79 Å². The number of carbonyl (C=O) groups excluding carboxylic acids is 1. The van der Waals surface area contributed by atoms with Gasteiger partial charge < -0.3 is 5.32 Å². The second kappa shape index (κ2) is 6.96. The van der Waals surface area contributed by atoms with Crippen LogP contribution in [0.3, 0.4) is 0 Å². The molecule has 0 aliphatic heterocycles. The first-order chi connectivity index (χ1) is 10.3. The quantitative estimate of drug-likeness (QED) is 0.910. The molecule has 7 heteroatoms. The third-order valence-electron chi connectivity index (χ3n) is 4.27. The van der Waals surface area contributed by atoms with Crippen molar-refractivity contribution in [3.05, 3.63) is 23.4 Å². The summed E-state index contributed by atoms with van der Waals surface area (Å²) in [6.07, 6.45) is 5.52. The molecule has 1 amide bonds. The smallest absolute Gasteiger partial charge is 0.238 e. The lowest BCUT2D eigenvalue weighted by molar-refractivity contribution is -0.121. The Morgan fingerprint density at radius 3 is 2.73 bits per heavy atom. The minimum absolute atomic E-state index is 0.0354. The fourth-order valence-corrected chi connectivity index (χ4v) is 4.40. The molecule has 5 nitrogen and oxygen atoms in total. The van der Waals surface area contributed by atoms with Crippen LogP contribution in [0.1, 0.15) is 39.5 Å². The Kier molecular flexibility index (Phi) is 5.45. The summed E-state index contributed by atoms with van der Waals surface area (Å²) in [6, 6.07) is 3.04. The molecular formula is C15H21ClN2O3S. The van der Waals surface area contributed by atoms with Crippen molar-refractivity contribution in [2.24, 2.45) is 5.92 Å². The third-order valence-corrected chi connectivity index (χ3v) is 6.69. The number of nitrogens with one attached hydrogen (secondary N) is 1. The molecule has 1 aliphatic carbocycles. The summed E-state index contributed by atoms with van der Waals surface area (Å²) in [4.78, 5) is 16.1. The summed E-state index contributed by atoms with van der Waals surface area (Å²) >= 11 is 5.90. The zero-order chi connectivity index (χ0) is 16.3. The van der Waals surface area contributed by atoms with E-state index in [0.29, 0.717) is 5.92 Å². The number of halogens is 1. The SMILES string of the molecule is CC1CCCCC1NC(=O)C(C)S(=O)(=O)c1ncccc1Cl. The molecule has 0 saturated heterocycles. The average molecular weight is 345 g/mol. The van der Waals surface area contributed by atoms with Gasteiger partial charge in [-0.25, -0.2) is 13.4 Å². The Morgan fingerprint density at radius 2 is 2.09 bits per heavy atom. The molecule has 1 aromatic heterocycles. The van der Waals surface area contributed by atoms with Crippen molar-refractivity contribution in [3.8, 4) is 0 Å². The van der Waals surface area contributed by atoms with Gasteiger partial charge in [-0.2, -0.15) is 0 Å². The topological polar surface area (TPSA) is 76.1 Å². The Hall–Kier alpha value is -1.14. The number of sulfone groups is 1. The molecule has 1 aliphatic rings. The molecule has 1 heterocycles. The number of hydrogen-bond acceptors (Lipinski definition) is 4. The molecule has 0 bridgehead atoms. The first-order valence-electron chi connectivity index (χ1n) is 7.49. The molecule has 1 N–H and O–H groups in total. The molecule has 122 valence electrons. The summed E-state index contributed by atoms with van der Waals surface area (Å²) in [5, 5.41) is 1.46. The predicted octanol–water partition coefficient (Wildman–Crippen LogP) is 2.59. The number of amides is 1. The normalized spacial score (nSPS) is 23.8. The first-order valence-corrected chi connectivity index (χ1v) is 9.41. The van der Waals surface area contributed by atoms with Crippen LogP contribution in [0.5, 0.6) is 0 Å². The van der Waals surface area contributed by atoms with Crippen molar-refractivity contribution in [2.75, 3.05) is 0 Å². The van der Waals surface area contributed by atoms with E-state index in [-0.39, 0.29) is 16.1 Å². The molecular weight excluding hydrogens is 324 g/mol. The molecule has 0 spiro atoms. The molecule has 1 saturated carbocycles. The molecule has 1 fully saturated rings. The standard InChI is InChI=1S/C15H21ClN2O3S/c1-10-6-3-4-8-13(10)18-14(19)11(2)22(20,21)15-12(16)7-5-9-17-15/h5,7,9-11,13H,3-4,6,8H2,1-2H3,(H,18,19). The molecule has 2 rings (SSSR count). The highest BCUT2D eigenvalue weighted by Crippen LogP contribution is 2.25. The Labute approximate surface area is 136 Å². The van der Waals surface area contributed by atoms with Crippen LogP contribution in [0.4, 0.5) is 0 Å². The van der Waals surface area contributed by atoms with Crippen LogP contribution in [0.2, 0.25) is 5.02 Å². The van der Waals surface area contributed by atoms with Crippen LogP contribution in [0.15, 0.2) is 23.4 Å². The summed E-state index contributed by atoms with van der Waals surface area (Å²) < 4.78 is 25.0. The van der Waals surface area contributed by atoms with Gasteiger partial charge in [-0.1, -0.05) is 31.4 Å². The highest BCUT2D eigenvalue weighted by atomic mass is 35.5. The van der Waals surface area contributed by atoms with E-state index in [9.17, 15) is 13.2 Å². The van der Waals surface area contributed by atoms with E-state index in [0.717, 1.165) is 25.7 Å². The van der Waals surface area contributed by atoms with E-state index < -0.39 is 21.0 Å². The molecule has 22 heavy (non-hydrogen) atoms. The first kappa shape index (κ1) is 17.2. The van der Waals surface area contributed by atoms with Gasteiger partial charge in [0.05, 0.1) is 5.02 Å². The van der Waals surface area contributed by atoms with Gasteiger partial charge >= 0.3 is 0 Å². The van der Waals surface area contributed by atoms with Gasteiger partial charge in [0.1, 0.15) is 5.25 Å². The summed E-state index contributed by atoms with van der Waals surface area (Å²) in [6.45, 7) is 3.46. The number of carbonyl (C=O) groups is 1. The summed E-state index contributed by atoms with van der Waals surface area (Å²) in [5.41, 5.74) is 0. The van der Waals surface area contributed by atoms with Gasteiger partial charge in [0.25, 0.3) is 0 Å². The summed E-state index contributed by atoms with van der Waals surface area (Å²) in [5.74, 6) is -0.119. The number of rotatable bonds is 4. The minimum atomic E-state index is -3.89. The molecule has 0 aromatic carbocycles. The van der Waals surface area contributed by atoms with Crippen LogP contribution < -0.4 is 5.32 Å². The predicted molar refractivity (Wildman–Crippen MR) is 85.5 cm³/mol. The van der Waals surface area contributed by atoms with Gasteiger partial charge in [0.2, 0.25) is 15.7 Å². The van der Waals surface area contributed by atoms with Crippen molar-refractivity contribution >= 4 is 27.3 Å². The van der Waals surface area contributed by atoms with Gasteiger partial charge in [-0.15, -0.1) is 0 Å². The number of hydrogen-bond donors (Lipinski definition) is 1. The fourth-order valence-electron chi connectivity index (χ4n) is 2.72. The zero-order valence-electron chi connectivity index (χ0n) is 12.8. The van der Waals surface area contributed by atoms with Crippen LogP contribution in [-0.4, -0.2) is 30.6 Å². The van der Waals surface area contributed by atoms with E-state index in [2.05, 4.69) is 17.2 Å². The highest BCUT2D eigenvalue weighted by Gasteiger charge is 2.34. The van der Waals surface area contributed by atoms with Crippen LogP contribution >= 0.6 is 11.6 Å². The number of pyridine rings is 1. The van der Waals surface area contributed by atoms with Crippen molar-refractivity contribution in [1.82, 2.24) is 10.3 Å². The highest BCUT2D eigenvalue weighted by molar-refractivity contribution is 7.92. The van der Waals surface area contributed by atoms with Crippen molar-refractivity contribution in [1.29, 1.82) is 0 Å². The maximum atomic E-state index is 12.5. The van der Waals surface area contributed by atoms with Crippen molar-refractivity contribution in [3.63, 3.8) is 0 Å². The molecule has 3 unspecified atom stereocenters. The third kappa shape index (κ3) is 3.60. The van der Waals surface area contributed by atoms with Crippen molar-refractivity contribution in [2.45, 2.75) is 55.8 Å². The van der Waals surface area contributed by atoms with Gasteiger partial charge in [0, 0.05) is 12.2 Å². The van der Waals surface area contributed by atoms with Gasteiger partial charge in [-0.05, 0) is 37.8 Å². The monoisotopic (exact) mass is 344 g/mol. The lowest BCUT2D eigenvalue weighted by Crippen LogP contribution is -2.47. The Bertz CT molecular complexity index is 648. The minimum Gasteiger partial charge on any atom is -0.352 e. The Morgan fingerprint density at radius 1 is 1.41 bits per heavy atom. The van der Waals surface area contributed by atoms with E-state index in [1.807, 2.05) is 0 Å². The summed E-state index contributed by atoms with van der Waals surface area (Å²) in [7, 11) is -3.89. The fraction of sp³-hybridized carbons (Fsp3) is 0.600. The zero-order valence-corrected chi connectivity index (χ0v) is 14.3. The van der Waals surface area contributed by atoms with E-state index in [4.69, 9.17) is 11.6 Å².